The van der Waals surface area contributed by atoms with Crippen molar-refractivity contribution >= 4 is 0 Å². The van der Waals surface area contributed by atoms with Crippen molar-refractivity contribution in [3.05, 3.63) is 34.9 Å². The highest BCUT2D eigenvalue weighted by Gasteiger charge is 2.34. The minimum atomic E-state index is -0.609. The van der Waals surface area contributed by atoms with E-state index in [9.17, 15) is 5.11 Å². The SMILES string of the molecule is CCN1CCC(O)(c2cc(C)ccc2C)CC1. The van der Waals surface area contributed by atoms with Crippen molar-refractivity contribution in [1.82, 2.24) is 4.90 Å². The molecule has 1 aromatic carbocycles. The molecule has 2 heteroatoms. The van der Waals surface area contributed by atoms with Crippen molar-refractivity contribution in [2.24, 2.45) is 0 Å². The number of likely N-dealkylation sites (tertiary alicyclic amines) is 1. The molecular weight excluding hydrogens is 210 g/mol. The molecule has 2 nitrogen and oxygen atoms in total. The molecule has 1 aliphatic rings. The summed E-state index contributed by atoms with van der Waals surface area (Å²) in [4.78, 5) is 2.40. The highest BCUT2D eigenvalue weighted by molar-refractivity contribution is 5.35. The van der Waals surface area contributed by atoms with Crippen LogP contribution in [0.3, 0.4) is 0 Å². The first-order valence-corrected chi connectivity index (χ1v) is 6.57. The third-order valence-electron chi connectivity index (χ3n) is 4.02. The summed E-state index contributed by atoms with van der Waals surface area (Å²) in [7, 11) is 0. The molecule has 1 fully saturated rings. The van der Waals surface area contributed by atoms with Crippen molar-refractivity contribution in [2.45, 2.75) is 39.2 Å². The Hall–Kier alpha value is -0.860. The summed E-state index contributed by atoms with van der Waals surface area (Å²) in [6.07, 6.45) is 1.70. The minimum Gasteiger partial charge on any atom is -0.385 e. The lowest BCUT2D eigenvalue weighted by Crippen LogP contribution is -2.42. The second-order valence-electron chi connectivity index (χ2n) is 5.28. The molecule has 0 bridgehead atoms. The molecule has 0 saturated carbocycles. The number of hydrogen-bond acceptors (Lipinski definition) is 2. The number of rotatable bonds is 2. The Morgan fingerprint density at radius 2 is 1.88 bits per heavy atom. The number of aryl methyl sites for hydroxylation is 2. The lowest BCUT2D eigenvalue weighted by molar-refractivity contribution is -0.0252. The van der Waals surface area contributed by atoms with Crippen LogP contribution in [-0.2, 0) is 5.60 Å². The standard InChI is InChI=1S/C15H23NO/c1-4-16-9-7-15(17,8-10-16)14-11-12(2)5-6-13(14)3/h5-6,11,17H,4,7-10H2,1-3H3. The first-order chi connectivity index (χ1) is 8.05. The Kier molecular flexibility index (Phi) is 3.55. The fourth-order valence-corrected chi connectivity index (χ4v) is 2.75. The van der Waals surface area contributed by atoms with Crippen LogP contribution in [-0.4, -0.2) is 29.6 Å². The van der Waals surface area contributed by atoms with Crippen LogP contribution in [0.25, 0.3) is 0 Å². The maximum Gasteiger partial charge on any atom is 0.0923 e. The topological polar surface area (TPSA) is 23.5 Å². The van der Waals surface area contributed by atoms with E-state index in [2.05, 4.69) is 43.9 Å². The van der Waals surface area contributed by atoms with Gasteiger partial charge in [0.15, 0.2) is 0 Å². The molecule has 1 heterocycles. The molecule has 0 amide bonds. The Morgan fingerprint density at radius 1 is 1.24 bits per heavy atom. The molecule has 1 N–H and O–H groups in total. The van der Waals surface area contributed by atoms with E-state index in [4.69, 9.17) is 0 Å². The van der Waals surface area contributed by atoms with Crippen molar-refractivity contribution in [3.63, 3.8) is 0 Å². The predicted octanol–water partition coefficient (Wildman–Crippen LogP) is 2.61. The first kappa shape index (κ1) is 12.6. The molecule has 0 spiro atoms. The highest BCUT2D eigenvalue weighted by atomic mass is 16.3. The lowest BCUT2D eigenvalue weighted by atomic mass is 9.81. The zero-order chi connectivity index (χ0) is 12.5. The Morgan fingerprint density at radius 3 is 2.47 bits per heavy atom. The van der Waals surface area contributed by atoms with Gasteiger partial charge in [-0.3, -0.25) is 0 Å². The summed E-state index contributed by atoms with van der Waals surface area (Å²) in [5.41, 5.74) is 2.97. The number of aliphatic hydroxyl groups is 1. The summed E-state index contributed by atoms with van der Waals surface area (Å²) >= 11 is 0. The molecule has 17 heavy (non-hydrogen) atoms. The van der Waals surface area contributed by atoms with Crippen LogP contribution in [0.15, 0.2) is 18.2 Å². The Labute approximate surface area is 104 Å². The van der Waals surface area contributed by atoms with Crippen LogP contribution < -0.4 is 0 Å². The fraction of sp³-hybridized carbons (Fsp3) is 0.600. The minimum absolute atomic E-state index is 0.609. The molecule has 0 unspecified atom stereocenters. The van der Waals surface area contributed by atoms with Gasteiger partial charge in [0, 0.05) is 13.1 Å². The summed E-state index contributed by atoms with van der Waals surface area (Å²) in [6.45, 7) is 9.46. The molecule has 1 saturated heterocycles. The van der Waals surface area contributed by atoms with E-state index >= 15 is 0 Å². The van der Waals surface area contributed by atoms with E-state index in [1.807, 2.05) is 0 Å². The van der Waals surface area contributed by atoms with Crippen LogP contribution in [0.2, 0.25) is 0 Å². The van der Waals surface area contributed by atoms with Crippen LogP contribution in [0, 0.1) is 13.8 Å². The van der Waals surface area contributed by atoms with Crippen LogP contribution >= 0.6 is 0 Å². The summed E-state index contributed by atoms with van der Waals surface area (Å²) in [6, 6.07) is 6.38. The van der Waals surface area contributed by atoms with Gasteiger partial charge in [0.1, 0.15) is 0 Å². The van der Waals surface area contributed by atoms with E-state index in [1.165, 1.54) is 11.1 Å². The van der Waals surface area contributed by atoms with Gasteiger partial charge < -0.3 is 10.0 Å². The maximum atomic E-state index is 10.8. The summed E-state index contributed by atoms with van der Waals surface area (Å²) in [5, 5.41) is 10.8. The molecule has 0 aromatic heterocycles. The van der Waals surface area contributed by atoms with E-state index in [0.717, 1.165) is 38.0 Å². The van der Waals surface area contributed by atoms with Crippen LogP contribution in [0.4, 0.5) is 0 Å². The molecule has 2 rings (SSSR count). The van der Waals surface area contributed by atoms with Gasteiger partial charge in [0.25, 0.3) is 0 Å². The average Bonchev–Trinajstić information content (AvgIpc) is 2.33. The third kappa shape index (κ3) is 2.53. The van der Waals surface area contributed by atoms with Crippen LogP contribution in [0.5, 0.6) is 0 Å². The average molecular weight is 233 g/mol. The monoisotopic (exact) mass is 233 g/mol. The quantitative estimate of drug-likeness (QED) is 0.848. The van der Waals surface area contributed by atoms with Gasteiger partial charge in [0.05, 0.1) is 5.60 Å². The molecule has 0 radical (unpaired) electrons. The zero-order valence-electron chi connectivity index (χ0n) is 11.2. The number of piperidine rings is 1. The van der Waals surface area contributed by atoms with Gasteiger partial charge in [-0.2, -0.15) is 0 Å². The second-order valence-corrected chi connectivity index (χ2v) is 5.28. The van der Waals surface area contributed by atoms with E-state index < -0.39 is 5.60 Å². The Balaban J connectivity index is 2.24. The zero-order valence-corrected chi connectivity index (χ0v) is 11.2. The van der Waals surface area contributed by atoms with E-state index in [1.54, 1.807) is 0 Å². The summed E-state index contributed by atoms with van der Waals surface area (Å²) in [5.74, 6) is 0. The predicted molar refractivity (Wildman–Crippen MR) is 71.2 cm³/mol. The molecule has 1 aliphatic heterocycles. The van der Waals surface area contributed by atoms with E-state index in [-0.39, 0.29) is 0 Å². The fourth-order valence-electron chi connectivity index (χ4n) is 2.75. The number of benzene rings is 1. The summed E-state index contributed by atoms with van der Waals surface area (Å²) < 4.78 is 0. The van der Waals surface area contributed by atoms with Crippen molar-refractivity contribution in [2.75, 3.05) is 19.6 Å². The smallest absolute Gasteiger partial charge is 0.0923 e. The molecular formula is C15H23NO. The van der Waals surface area contributed by atoms with Gasteiger partial charge in [-0.15, -0.1) is 0 Å². The first-order valence-electron chi connectivity index (χ1n) is 6.57. The van der Waals surface area contributed by atoms with Gasteiger partial charge >= 0.3 is 0 Å². The Bertz CT molecular complexity index is 392. The van der Waals surface area contributed by atoms with Crippen LogP contribution in [0.1, 0.15) is 36.5 Å². The highest BCUT2D eigenvalue weighted by Crippen LogP contribution is 2.34. The van der Waals surface area contributed by atoms with Crippen molar-refractivity contribution in [3.8, 4) is 0 Å². The number of nitrogens with zero attached hydrogens (tertiary/aromatic N) is 1. The van der Waals surface area contributed by atoms with Crippen molar-refractivity contribution in [1.29, 1.82) is 0 Å². The molecule has 94 valence electrons. The van der Waals surface area contributed by atoms with Crippen molar-refractivity contribution < 1.29 is 5.11 Å². The maximum absolute atomic E-state index is 10.8. The second kappa shape index (κ2) is 4.79. The largest absolute Gasteiger partial charge is 0.385 e. The van der Waals surface area contributed by atoms with Gasteiger partial charge in [-0.25, -0.2) is 0 Å². The van der Waals surface area contributed by atoms with Gasteiger partial charge in [-0.05, 0) is 44.4 Å². The molecule has 1 aromatic rings. The van der Waals surface area contributed by atoms with Gasteiger partial charge in [-0.1, -0.05) is 30.7 Å². The molecule has 0 atom stereocenters. The normalized spacial score (nSPS) is 20.5. The number of hydrogen-bond donors (Lipinski definition) is 1. The molecule has 0 aliphatic carbocycles. The van der Waals surface area contributed by atoms with Gasteiger partial charge in [0.2, 0.25) is 0 Å². The lowest BCUT2D eigenvalue weighted by Gasteiger charge is -2.39. The van der Waals surface area contributed by atoms with E-state index in [0.29, 0.717) is 0 Å². The third-order valence-corrected chi connectivity index (χ3v) is 4.02.